The van der Waals surface area contributed by atoms with Crippen molar-refractivity contribution in [3.8, 4) is 11.4 Å². The number of para-hydroxylation sites is 2. The van der Waals surface area contributed by atoms with E-state index in [2.05, 4.69) is 112 Å². The average molecular weight is 541 g/mol. The molecule has 8 rings (SSSR count). The molecule has 0 spiro atoms. The Morgan fingerprint density at radius 3 is 2.29 bits per heavy atom. The molecule has 4 heterocycles. The van der Waals surface area contributed by atoms with Crippen LogP contribution in [-0.2, 0) is 22.5 Å². The van der Waals surface area contributed by atoms with Gasteiger partial charge in [0.05, 0.1) is 18.7 Å². The molecule has 3 aliphatic heterocycles. The summed E-state index contributed by atoms with van der Waals surface area (Å²) in [4.78, 5) is 4.77. The quantitative estimate of drug-likeness (QED) is 0.344. The van der Waals surface area contributed by atoms with Crippen molar-refractivity contribution in [2.75, 3.05) is 36.0 Å². The number of fused-ring (bicyclic) bond motifs is 3. The molecule has 1 fully saturated rings. The van der Waals surface area contributed by atoms with E-state index in [1.165, 1.54) is 11.1 Å². The number of hydrogen-bond donors (Lipinski definition) is 1. The Kier molecular flexibility index (Phi) is 6.02. The normalized spacial score (nSPS) is 16.4. The molecule has 41 heavy (non-hydrogen) atoms. The van der Waals surface area contributed by atoms with Crippen molar-refractivity contribution in [1.29, 1.82) is 0 Å². The Hall–Kier alpha value is -4.17. The molecule has 9 heteroatoms. The molecule has 0 amide bonds. The van der Waals surface area contributed by atoms with Crippen molar-refractivity contribution in [3.63, 3.8) is 0 Å². The number of aromatic nitrogens is 1. The summed E-state index contributed by atoms with van der Waals surface area (Å²) >= 11 is 0. The zero-order valence-corrected chi connectivity index (χ0v) is 22.6. The van der Waals surface area contributed by atoms with Gasteiger partial charge in [0.15, 0.2) is 0 Å². The molecule has 0 radical (unpaired) electrons. The van der Waals surface area contributed by atoms with Crippen LogP contribution in [-0.4, -0.2) is 50.0 Å². The van der Waals surface area contributed by atoms with Gasteiger partial charge in [-0.15, -0.1) is 0 Å². The average Bonchev–Trinajstić information content (AvgIpc) is 3.75. The summed E-state index contributed by atoms with van der Waals surface area (Å²) in [7, 11) is -1.50. The van der Waals surface area contributed by atoms with Gasteiger partial charge in [-0.05, 0) is 58.9 Å². The summed E-state index contributed by atoms with van der Waals surface area (Å²) in [6.07, 6.45) is 2.10. The second-order valence-corrected chi connectivity index (χ2v) is 10.9. The Labute approximate surface area is 239 Å². The van der Waals surface area contributed by atoms with Crippen LogP contribution in [0.15, 0.2) is 97.2 Å². The first kappa shape index (κ1) is 24.6. The van der Waals surface area contributed by atoms with E-state index in [4.69, 9.17) is 14.0 Å². The monoisotopic (exact) mass is 541 g/mol. The minimum absolute atomic E-state index is 0.308. The van der Waals surface area contributed by atoms with Gasteiger partial charge in [-0.2, -0.15) is 0 Å². The third kappa shape index (κ3) is 4.37. The van der Waals surface area contributed by atoms with Crippen LogP contribution in [0.4, 0.5) is 11.4 Å². The van der Waals surface area contributed by atoms with E-state index in [1.807, 2.05) is 0 Å². The van der Waals surface area contributed by atoms with Gasteiger partial charge in [0.25, 0.3) is 0 Å². The lowest BCUT2D eigenvalue weighted by molar-refractivity contribution is 0.266. The molecule has 0 unspecified atom stereocenters. The zero-order valence-electron chi connectivity index (χ0n) is 22.6. The molecule has 5 aromatic rings. The van der Waals surface area contributed by atoms with Crippen LogP contribution >= 0.6 is 0 Å². The van der Waals surface area contributed by atoms with Gasteiger partial charge in [0, 0.05) is 66.5 Å². The van der Waals surface area contributed by atoms with E-state index in [1.54, 1.807) is 0 Å². The van der Waals surface area contributed by atoms with Crippen LogP contribution in [0, 0.1) is 0 Å². The minimum Gasteiger partial charge on any atom is -0.532 e. The van der Waals surface area contributed by atoms with Crippen molar-refractivity contribution in [2.45, 2.75) is 13.2 Å². The third-order valence-electron chi connectivity index (χ3n) is 8.53. The van der Waals surface area contributed by atoms with Crippen LogP contribution in [0.1, 0.15) is 11.1 Å². The molecule has 0 bridgehead atoms. The lowest BCUT2D eigenvalue weighted by Crippen LogP contribution is -2.47. The predicted molar refractivity (Wildman–Crippen MR) is 164 cm³/mol. The van der Waals surface area contributed by atoms with Crippen LogP contribution in [0.5, 0.6) is 5.75 Å². The smallest absolute Gasteiger partial charge is 0.532 e. The fourth-order valence-corrected chi connectivity index (χ4v) is 6.29. The summed E-state index contributed by atoms with van der Waals surface area (Å²) in [5.41, 5.74) is 8.31. The third-order valence-corrected chi connectivity index (χ3v) is 8.53. The molecule has 1 N–H and O–H groups in total. The first-order valence-corrected chi connectivity index (χ1v) is 14.2. The summed E-state index contributed by atoms with van der Waals surface area (Å²) < 4.78 is 20.6. The Bertz CT molecular complexity index is 1740. The standard InChI is InChI=1S/C32H29B2N3O4/c38-33-30-19-27(36-16-14-35(15-17-36)25-7-2-1-3-8-25)20-32(28(30)22-39-33)41-34-29-18-26(11-10-24(29)21-40-34)37-13-12-23-6-4-5-9-31(23)37/h1-13,18-20,38H,14-17,21-22H2. The molecule has 0 saturated carbocycles. The van der Waals surface area contributed by atoms with Crippen LogP contribution in [0.3, 0.4) is 0 Å². The topological polar surface area (TPSA) is 59.3 Å². The molecule has 202 valence electrons. The van der Waals surface area contributed by atoms with E-state index in [-0.39, 0.29) is 0 Å². The second-order valence-electron chi connectivity index (χ2n) is 10.9. The Morgan fingerprint density at radius 1 is 0.683 bits per heavy atom. The van der Waals surface area contributed by atoms with Crippen LogP contribution in [0.2, 0.25) is 0 Å². The molecule has 7 nitrogen and oxygen atoms in total. The van der Waals surface area contributed by atoms with Crippen molar-refractivity contribution in [3.05, 3.63) is 108 Å². The van der Waals surface area contributed by atoms with Gasteiger partial charge < -0.3 is 33.4 Å². The molecule has 4 aromatic carbocycles. The first-order chi connectivity index (χ1) is 20.2. The highest BCUT2D eigenvalue weighted by molar-refractivity contribution is 6.64. The van der Waals surface area contributed by atoms with Crippen molar-refractivity contribution >= 4 is 47.4 Å². The largest absolute Gasteiger partial charge is 0.563 e. The number of piperazine rings is 1. The number of nitrogens with zero attached hydrogens (tertiary/aromatic N) is 3. The lowest BCUT2D eigenvalue weighted by Gasteiger charge is -2.37. The molecule has 1 saturated heterocycles. The Balaban J connectivity index is 1.08. The second kappa shape index (κ2) is 10.0. The predicted octanol–water partition coefficient (Wildman–Crippen LogP) is 3.48. The summed E-state index contributed by atoms with van der Waals surface area (Å²) in [6.45, 7) is 4.40. The summed E-state index contributed by atoms with van der Waals surface area (Å²) in [6, 6.07) is 31.6. The molecule has 1 aromatic heterocycles. The fraction of sp³-hybridized carbons (Fsp3) is 0.188. The van der Waals surface area contributed by atoms with Gasteiger partial charge in [0.2, 0.25) is 0 Å². The lowest BCUT2D eigenvalue weighted by atomic mass is 9.77. The van der Waals surface area contributed by atoms with Gasteiger partial charge in [0.1, 0.15) is 5.75 Å². The van der Waals surface area contributed by atoms with E-state index in [9.17, 15) is 5.02 Å². The van der Waals surface area contributed by atoms with E-state index in [0.29, 0.717) is 19.0 Å². The van der Waals surface area contributed by atoms with Crippen molar-refractivity contribution in [2.24, 2.45) is 0 Å². The summed E-state index contributed by atoms with van der Waals surface area (Å²) in [5.74, 6) is 0.703. The molecule has 0 aliphatic carbocycles. The maximum Gasteiger partial charge on any atom is 0.563 e. The van der Waals surface area contributed by atoms with Crippen LogP contribution in [0.25, 0.3) is 16.6 Å². The highest BCUT2D eigenvalue weighted by Gasteiger charge is 2.37. The zero-order chi connectivity index (χ0) is 27.3. The number of hydrogen-bond acceptors (Lipinski definition) is 6. The fourth-order valence-electron chi connectivity index (χ4n) is 6.29. The van der Waals surface area contributed by atoms with Gasteiger partial charge in [-0.1, -0.05) is 42.5 Å². The highest BCUT2D eigenvalue weighted by Crippen LogP contribution is 2.31. The SMILES string of the molecule is OB1OCc2c(OB3OCc4ccc(-n5ccc6ccccc65)cc43)cc(N3CCN(c4ccccc4)CC3)cc21. The molecular weight excluding hydrogens is 512 g/mol. The minimum atomic E-state index is -0.955. The van der Waals surface area contributed by atoms with Crippen molar-refractivity contribution < 1.29 is 19.0 Å². The van der Waals surface area contributed by atoms with Crippen LogP contribution < -0.4 is 25.4 Å². The van der Waals surface area contributed by atoms with E-state index < -0.39 is 14.2 Å². The highest BCUT2D eigenvalue weighted by atomic mass is 16.6. The Morgan fingerprint density at radius 2 is 1.44 bits per heavy atom. The molecule has 0 atom stereocenters. The maximum atomic E-state index is 10.6. The van der Waals surface area contributed by atoms with Gasteiger partial charge >= 0.3 is 14.2 Å². The number of rotatable bonds is 5. The van der Waals surface area contributed by atoms with Gasteiger partial charge in [-0.25, -0.2) is 0 Å². The van der Waals surface area contributed by atoms with Gasteiger partial charge in [-0.3, -0.25) is 0 Å². The maximum absolute atomic E-state index is 10.6. The van der Waals surface area contributed by atoms with Crippen molar-refractivity contribution in [1.82, 2.24) is 4.57 Å². The summed E-state index contributed by atoms with van der Waals surface area (Å²) in [5, 5.41) is 11.8. The van der Waals surface area contributed by atoms with E-state index >= 15 is 0 Å². The number of benzene rings is 4. The van der Waals surface area contributed by atoms with E-state index in [0.717, 1.165) is 65.1 Å². The molecular formula is C32H29B2N3O4. The first-order valence-electron chi connectivity index (χ1n) is 14.2. The number of anilines is 2. The molecule has 3 aliphatic rings.